The molecule has 1 fully saturated rings. The predicted molar refractivity (Wildman–Crippen MR) is 86.4 cm³/mol. The van der Waals surface area contributed by atoms with Gasteiger partial charge in [0.1, 0.15) is 6.10 Å². The highest BCUT2D eigenvalue weighted by atomic mass is 16.6. The minimum atomic E-state index is -0.973. The van der Waals surface area contributed by atoms with Crippen LogP contribution >= 0.6 is 0 Å². The summed E-state index contributed by atoms with van der Waals surface area (Å²) in [5, 5.41) is 0. The van der Waals surface area contributed by atoms with Crippen LogP contribution in [0.15, 0.2) is 30.3 Å². The van der Waals surface area contributed by atoms with E-state index in [1.54, 1.807) is 6.92 Å². The van der Waals surface area contributed by atoms with Crippen molar-refractivity contribution in [2.75, 3.05) is 0 Å². The zero-order chi connectivity index (χ0) is 18.6. The fourth-order valence-electron chi connectivity index (χ4n) is 2.92. The molecule has 1 aliphatic heterocycles. The molecule has 1 aromatic rings. The summed E-state index contributed by atoms with van der Waals surface area (Å²) >= 11 is 0. The Kier molecular flexibility index (Phi) is 6.14. The lowest BCUT2D eigenvalue weighted by atomic mass is 9.91. The SMILES string of the molecule is CC(=O)O[C@@H]1[C@@H](OC(C)=O)[C@@H](c2ccccc2)O[C@H](C)[C@@H]1OC(C)=O. The van der Waals surface area contributed by atoms with E-state index in [2.05, 4.69) is 0 Å². The molecule has 7 nitrogen and oxygen atoms in total. The lowest BCUT2D eigenvalue weighted by Crippen LogP contribution is -2.57. The van der Waals surface area contributed by atoms with E-state index in [-0.39, 0.29) is 0 Å². The summed E-state index contributed by atoms with van der Waals surface area (Å²) in [6.07, 6.45) is -4.02. The Morgan fingerprint density at radius 2 is 1.28 bits per heavy atom. The van der Waals surface area contributed by atoms with Gasteiger partial charge in [0.05, 0.1) is 6.10 Å². The van der Waals surface area contributed by atoms with Gasteiger partial charge in [0.25, 0.3) is 0 Å². The van der Waals surface area contributed by atoms with E-state index in [0.29, 0.717) is 0 Å². The van der Waals surface area contributed by atoms with Crippen molar-refractivity contribution in [3.8, 4) is 0 Å². The molecule has 136 valence electrons. The molecule has 0 aliphatic carbocycles. The molecule has 2 rings (SSSR count). The van der Waals surface area contributed by atoms with Crippen LogP contribution in [0.25, 0.3) is 0 Å². The Morgan fingerprint density at radius 1 is 0.800 bits per heavy atom. The van der Waals surface area contributed by atoms with Gasteiger partial charge in [0.2, 0.25) is 0 Å². The molecular weight excluding hydrogens is 328 g/mol. The predicted octanol–water partition coefficient (Wildman–Crippen LogP) is 1.94. The minimum Gasteiger partial charge on any atom is -0.456 e. The van der Waals surface area contributed by atoms with Crippen LogP contribution < -0.4 is 0 Å². The highest BCUT2D eigenvalue weighted by Gasteiger charge is 2.50. The molecule has 0 radical (unpaired) electrons. The summed E-state index contributed by atoms with van der Waals surface area (Å²) in [5.74, 6) is -1.67. The molecule has 0 spiro atoms. The first-order valence-corrected chi connectivity index (χ1v) is 8.01. The normalized spacial score (nSPS) is 28.7. The molecule has 0 aromatic heterocycles. The highest BCUT2D eigenvalue weighted by molar-refractivity contribution is 5.68. The number of rotatable bonds is 4. The topological polar surface area (TPSA) is 88.1 Å². The maximum absolute atomic E-state index is 11.6. The van der Waals surface area contributed by atoms with E-state index in [4.69, 9.17) is 18.9 Å². The highest BCUT2D eigenvalue weighted by Crippen LogP contribution is 2.37. The Balaban J connectivity index is 2.42. The molecule has 1 aliphatic rings. The van der Waals surface area contributed by atoms with E-state index >= 15 is 0 Å². The van der Waals surface area contributed by atoms with Crippen LogP contribution in [-0.2, 0) is 33.3 Å². The van der Waals surface area contributed by atoms with Gasteiger partial charge in [-0.15, -0.1) is 0 Å². The first-order valence-electron chi connectivity index (χ1n) is 8.01. The Bertz CT molecular complexity index is 628. The monoisotopic (exact) mass is 350 g/mol. The Labute approximate surface area is 146 Å². The van der Waals surface area contributed by atoms with E-state index in [1.807, 2.05) is 30.3 Å². The number of carbonyl (C=O) groups is 3. The van der Waals surface area contributed by atoms with Crippen molar-refractivity contribution in [3.63, 3.8) is 0 Å². The van der Waals surface area contributed by atoms with Gasteiger partial charge in [-0.3, -0.25) is 14.4 Å². The van der Waals surface area contributed by atoms with Crippen molar-refractivity contribution in [1.82, 2.24) is 0 Å². The minimum absolute atomic E-state index is 0.544. The molecule has 5 atom stereocenters. The van der Waals surface area contributed by atoms with Gasteiger partial charge in [0, 0.05) is 20.8 Å². The number of hydrogen-bond donors (Lipinski definition) is 0. The van der Waals surface area contributed by atoms with Crippen molar-refractivity contribution >= 4 is 17.9 Å². The lowest BCUT2D eigenvalue weighted by molar-refractivity contribution is -0.245. The molecule has 1 aromatic carbocycles. The summed E-state index contributed by atoms with van der Waals surface area (Å²) in [6, 6.07) is 9.15. The van der Waals surface area contributed by atoms with Gasteiger partial charge < -0.3 is 18.9 Å². The van der Waals surface area contributed by atoms with Gasteiger partial charge in [-0.05, 0) is 12.5 Å². The summed E-state index contributed by atoms with van der Waals surface area (Å²) < 4.78 is 22.0. The standard InChI is InChI=1S/C18H22O7/c1-10-15(23-11(2)19)17(24-12(3)20)18(25-13(4)21)16(22-10)14-8-6-5-7-9-14/h5-10,15-18H,1-4H3/t10-,15+,16-,17+,18+/m1/s1. The second-order valence-electron chi connectivity index (χ2n) is 5.89. The molecule has 7 heteroatoms. The van der Waals surface area contributed by atoms with Crippen LogP contribution in [0.4, 0.5) is 0 Å². The van der Waals surface area contributed by atoms with Crippen LogP contribution in [0.2, 0.25) is 0 Å². The maximum atomic E-state index is 11.6. The van der Waals surface area contributed by atoms with E-state index in [1.165, 1.54) is 20.8 Å². The zero-order valence-electron chi connectivity index (χ0n) is 14.6. The fraction of sp³-hybridized carbons (Fsp3) is 0.500. The number of benzene rings is 1. The van der Waals surface area contributed by atoms with Crippen molar-refractivity contribution in [1.29, 1.82) is 0 Å². The first-order chi connectivity index (χ1) is 11.8. The van der Waals surface area contributed by atoms with Gasteiger partial charge in [-0.1, -0.05) is 30.3 Å². The second kappa shape index (κ2) is 8.11. The third kappa shape index (κ3) is 4.79. The summed E-state index contributed by atoms with van der Waals surface area (Å²) in [4.78, 5) is 34.6. The molecule has 0 amide bonds. The van der Waals surface area contributed by atoms with Gasteiger partial charge in [-0.2, -0.15) is 0 Å². The molecule has 1 heterocycles. The van der Waals surface area contributed by atoms with Crippen molar-refractivity contribution in [3.05, 3.63) is 35.9 Å². The zero-order valence-corrected chi connectivity index (χ0v) is 14.6. The average molecular weight is 350 g/mol. The third-order valence-corrected chi connectivity index (χ3v) is 3.80. The molecular formula is C18H22O7. The van der Waals surface area contributed by atoms with Crippen molar-refractivity contribution < 1.29 is 33.3 Å². The van der Waals surface area contributed by atoms with Crippen LogP contribution in [0.5, 0.6) is 0 Å². The summed E-state index contributed by atoms with van der Waals surface area (Å²) in [7, 11) is 0. The molecule has 0 bridgehead atoms. The van der Waals surface area contributed by atoms with Crippen molar-refractivity contribution in [2.24, 2.45) is 0 Å². The van der Waals surface area contributed by atoms with E-state index < -0.39 is 48.4 Å². The van der Waals surface area contributed by atoms with Gasteiger partial charge >= 0.3 is 17.9 Å². The molecule has 25 heavy (non-hydrogen) atoms. The molecule has 1 saturated heterocycles. The maximum Gasteiger partial charge on any atom is 0.303 e. The smallest absolute Gasteiger partial charge is 0.303 e. The van der Waals surface area contributed by atoms with Gasteiger partial charge in [-0.25, -0.2) is 0 Å². The quantitative estimate of drug-likeness (QED) is 0.606. The summed E-state index contributed by atoms with van der Waals surface area (Å²) in [6.45, 7) is 5.46. The number of ether oxygens (including phenoxy) is 4. The van der Waals surface area contributed by atoms with Crippen molar-refractivity contribution in [2.45, 2.75) is 58.2 Å². The van der Waals surface area contributed by atoms with E-state index in [9.17, 15) is 14.4 Å². The van der Waals surface area contributed by atoms with Crippen LogP contribution in [0.3, 0.4) is 0 Å². The second-order valence-corrected chi connectivity index (χ2v) is 5.89. The average Bonchev–Trinajstić information content (AvgIpc) is 2.53. The summed E-state index contributed by atoms with van der Waals surface area (Å²) in [5.41, 5.74) is 0.763. The Hall–Kier alpha value is -2.41. The first kappa shape index (κ1) is 18.9. The fourth-order valence-corrected chi connectivity index (χ4v) is 2.92. The third-order valence-electron chi connectivity index (χ3n) is 3.80. The Morgan fingerprint density at radius 3 is 1.80 bits per heavy atom. The van der Waals surface area contributed by atoms with Crippen LogP contribution in [0, 0.1) is 0 Å². The molecule has 0 N–H and O–H groups in total. The van der Waals surface area contributed by atoms with E-state index in [0.717, 1.165) is 5.56 Å². The van der Waals surface area contributed by atoms with Gasteiger partial charge in [0.15, 0.2) is 18.3 Å². The number of carbonyl (C=O) groups excluding carboxylic acids is 3. The number of hydrogen-bond acceptors (Lipinski definition) is 7. The van der Waals surface area contributed by atoms with Crippen LogP contribution in [0.1, 0.15) is 39.4 Å². The van der Waals surface area contributed by atoms with Crippen LogP contribution in [-0.4, -0.2) is 42.3 Å². The lowest BCUT2D eigenvalue weighted by Gasteiger charge is -2.44. The number of esters is 3. The largest absolute Gasteiger partial charge is 0.456 e. The molecule has 0 unspecified atom stereocenters. The molecule has 0 saturated carbocycles.